The van der Waals surface area contributed by atoms with E-state index in [0.29, 0.717) is 42.7 Å². The summed E-state index contributed by atoms with van der Waals surface area (Å²) >= 11 is 6.46. The number of anilines is 3. The minimum atomic E-state index is -3.33. The number of ether oxygens (including phenoxy) is 1. The molecule has 0 aliphatic carbocycles. The number of hydrogen-bond acceptors (Lipinski definition) is 10. The van der Waals surface area contributed by atoms with Crippen LogP contribution in [0.1, 0.15) is 5.56 Å². The van der Waals surface area contributed by atoms with E-state index in [1.165, 1.54) is 6.07 Å². The minimum Gasteiger partial charge on any atom is -0.377 e. The molecule has 10 nitrogen and oxygen atoms in total. The van der Waals surface area contributed by atoms with Crippen molar-refractivity contribution in [1.82, 2.24) is 19.9 Å². The molecule has 1 saturated heterocycles. The second kappa shape index (κ2) is 8.40. The zero-order chi connectivity index (χ0) is 23.2. The minimum absolute atomic E-state index is 0.116. The molecule has 4 heterocycles. The Hall–Kier alpha value is -3.02. The molecule has 0 spiro atoms. The first-order valence-corrected chi connectivity index (χ1v) is 12.6. The molecule has 0 bridgehead atoms. The maximum absolute atomic E-state index is 11.9. The fraction of sp³-hybridized carbons (Fsp3) is 0.333. The van der Waals surface area contributed by atoms with Crippen molar-refractivity contribution in [2.45, 2.75) is 17.5 Å². The van der Waals surface area contributed by atoms with Crippen molar-refractivity contribution < 1.29 is 13.2 Å². The summed E-state index contributed by atoms with van der Waals surface area (Å²) in [6.45, 7) is 3.11. The normalized spacial score (nSPS) is 18.1. The molecule has 1 aromatic carbocycles. The number of nitrogens with two attached hydrogens (primary N) is 1. The second-order valence-corrected chi connectivity index (χ2v) is 10.5. The average molecular weight is 488 g/mol. The van der Waals surface area contributed by atoms with E-state index in [-0.39, 0.29) is 16.9 Å². The van der Waals surface area contributed by atoms with Crippen molar-refractivity contribution in [2.24, 2.45) is 0 Å². The number of aromatic nitrogens is 4. The number of nitrogens with zero attached hydrogens (tertiary/aromatic N) is 6. The number of fused-ring (bicyclic) bond motifs is 3. The highest BCUT2D eigenvalue weighted by Gasteiger charge is 2.35. The number of nitrogen functional groups attached to an aromatic ring is 1. The molecule has 5 rings (SSSR count). The molecule has 2 aromatic heterocycles. The van der Waals surface area contributed by atoms with E-state index in [4.69, 9.17) is 27.1 Å². The molecule has 1 unspecified atom stereocenters. The average Bonchev–Trinajstić information content (AvgIpc) is 2.80. The molecule has 172 valence electrons. The highest BCUT2D eigenvalue weighted by Crippen LogP contribution is 2.37. The number of morpholine rings is 1. The molecule has 1 atom stereocenters. The Balaban J connectivity index is 1.52. The third-order valence-corrected chi connectivity index (χ3v) is 7.23. The molecule has 0 amide bonds. The standard InChI is InChI=1S/C21H22ClN7O3S/c1-33(30,31)16-3-2-13(17(22)6-16)10-28-11-15-12-32-5-4-29(15)20-18(28)9-24-19(27-20)14-7-25-21(23)26-8-14/h2-3,6-9,15H,4-5,10-12H2,1H3,(H2,23,25,26). The van der Waals surface area contributed by atoms with E-state index in [1.54, 1.807) is 30.7 Å². The molecule has 2 aliphatic heterocycles. The van der Waals surface area contributed by atoms with Crippen molar-refractivity contribution >= 4 is 38.9 Å². The van der Waals surface area contributed by atoms with Gasteiger partial charge in [0.15, 0.2) is 21.5 Å². The van der Waals surface area contributed by atoms with Gasteiger partial charge in [-0.2, -0.15) is 0 Å². The van der Waals surface area contributed by atoms with Gasteiger partial charge in [0, 0.05) is 43.3 Å². The predicted octanol–water partition coefficient (Wildman–Crippen LogP) is 1.80. The predicted molar refractivity (Wildman–Crippen MR) is 125 cm³/mol. The van der Waals surface area contributed by atoms with Crippen LogP contribution < -0.4 is 15.5 Å². The Labute approximate surface area is 196 Å². The van der Waals surface area contributed by atoms with Gasteiger partial charge in [-0.25, -0.2) is 28.4 Å². The first-order chi connectivity index (χ1) is 15.8. The first-order valence-electron chi connectivity index (χ1n) is 10.3. The van der Waals surface area contributed by atoms with Crippen LogP contribution in [0.5, 0.6) is 0 Å². The van der Waals surface area contributed by atoms with Crippen molar-refractivity contribution in [3.63, 3.8) is 0 Å². The number of sulfone groups is 1. The SMILES string of the molecule is CS(=O)(=O)c1ccc(CN2CC3COCCN3c3nc(-c4cnc(N)nc4)ncc32)c(Cl)c1. The maximum Gasteiger partial charge on any atom is 0.219 e. The smallest absolute Gasteiger partial charge is 0.219 e. The van der Waals surface area contributed by atoms with Crippen LogP contribution in [0.15, 0.2) is 41.7 Å². The van der Waals surface area contributed by atoms with Crippen molar-refractivity contribution in [3.05, 3.63) is 47.4 Å². The van der Waals surface area contributed by atoms with Gasteiger partial charge >= 0.3 is 0 Å². The van der Waals surface area contributed by atoms with Crippen molar-refractivity contribution in [1.29, 1.82) is 0 Å². The van der Waals surface area contributed by atoms with E-state index < -0.39 is 9.84 Å². The van der Waals surface area contributed by atoms with E-state index in [0.717, 1.165) is 29.9 Å². The van der Waals surface area contributed by atoms with Crippen LogP contribution in [0.3, 0.4) is 0 Å². The first kappa shape index (κ1) is 21.8. The fourth-order valence-corrected chi connectivity index (χ4v) is 5.03. The van der Waals surface area contributed by atoms with E-state index in [2.05, 4.69) is 24.8 Å². The van der Waals surface area contributed by atoms with Crippen LogP contribution >= 0.6 is 11.6 Å². The van der Waals surface area contributed by atoms with Gasteiger partial charge in [-0.05, 0) is 17.7 Å². The topological polar surface area (TPSA) is 127 Å². The Kier molecular flexibility index (Phi) is 5.55. The molecular weight excluding hydrogens is 466 g/mol. The molecule has 2 N–H and O–H groups in total. The van der Waals surface area contributed by atoms with E-state index in [9.17, 15) is 8.42 Å². The lowest BCUT2D eigenvalue weighted by molar-refractivity contribution is 0.0936. The van der Waals surface area contributed by atoms with Gasteiger partial charge in [0.1, 0.15) is 0 Å². The molecule has 1 fully saturated rings. The van der Waals surface area contributed by atoms with Gasteiger partial charge in [0.05, 0.1) is 41.6 Å². The Bertz CT molecular complexity index is 1300. The van der Waals surface area contributed by atoms with Gasteiger partial charge in [-0.1, -0.05) is 17.7 Å². The van der Waals surface area contributed by atoms with Crippen LogP contribution in [0.25, 0.3) is 11.4 Å². The summed E-state index contributed by atoms with van der Waals surface area (Å²) in [7, 11) is -3.33. The molecule has 33 heavy (non-hydrogen) atoms. The van der Waals surface area contributed by atoms with Crippen LogP contribution in [-0.4, -0.2) is 67.0 Å². The van der Waals surface area contributed by atoms with Gasteiger partial charge in [0.2, 0.25) is 5.95 Å². The number of halogens is 1. The van der Waals surface area contributed by atoms with Crippen LogP contribution in [0.4, 0.5) is 17.5 Å². The van der Waals surface area contributed by atoms with E-state index >= 15 is 0 Å². The Morgan fingerprint density at radius 3 is 2.73 bits per heavy atom. The fourth-order valence-electron chi connectivity index (χ4n) is 4.07. The lowest BCUT2D eigenvalue weighted by Gasteiger charge is -2.45. The van der Waals surface area contributed by atoms with Crippen LogP contribution in [0.2, 0.25) is 5.02 Å². The highest BCUT2D eigenvalue weighted by atomic mass is 35.5. The lowest BCUT2D eigenvalue weighted by atomic mass is 10.1. The van der Waals surface area contributed by atoms with Gasteiger partial charge in [0.25, 0.3) is 0 Å². The zero-order valence-electron chi connectivity index (χ0n) is 17.8. The zero-order valence-corrected chi connectivity index (χ0v) is 19.4. The summed E-state index contributed by atoms with van der Waals surface area (Å²) in [5, 5.41) is 0.401. The second-order valence-electron chi connectivity index (χ2n) is 8.06. The maximum atomic E-state index is 11.9. The molecule has 12 heteroatoms. The molecular formula is C21H22ClN7O3S. The van der Waals surface area contributed by atoms with Gasteiger partial charge in [-0.3, -0.25) is 0 Å². The summed E-state index contributed by atoms with van der Waals surface area (Å²) in [6.07, 6.45) is 6.16. The van der Waals surface area contributed by atoms with Crippen molar-refractivity contribution in [3.8, 4) is 11.4 Å². The van der Waals surface area contributed by atoms with Gasteiger partial charge in [-0.15, -0.1) is 0 Å². The summed E-state index contributed by atoms with van der Waals surface area (Å²) in [6, 6.07) is 4.94. The summed E-state index contributed by atoms with van der Waals surface area (Å²) < 4.78 is 29.4. The molecule has 0 saturated carbocycles. The Morgan fingerprint density at radius 1 is 1.21 bits per heavy atom. The molecule has 2 aliphatic rings. The van der Waals surface area contributed by atoms with Crippen molar-refractivity contribution in [2.75, 3.05) is 48.1 Å². The van der Waals surface area contributed by atoms with E-state index in [1.807, 2.05) is 0 Å². The summed E-state index contributed by atoms with van der Waals surface area (Å²) in [5.41, 5.74) is 7.97. The third-order valence-electron chi connectivity index (χ3n) is 5.77. The number of rotatable bonds is 4. The van der Waals surface area contributed by atoms with Crippen LogP contribution in [-0.2, 0) is 21.1 Å². The van der Waals surface area contributed by atoms with Gasteiger partial charge < -0.3 is 20.3 Å². The highest BCUT2D eigenvalue weighted by molar-refractivity contribution is 7.90. The third kappa shape index (κ3) is 4.31. The lowest BCUT2D eigenvalue weighted by Crippen LogP contribution is -2.55. The number of benzene rings is 1. The Morgan fingerprint density at radius 2 is 2.00 bits per heavy atom. The summed E-state index contributed by atoms with van der Waals surface area (Å²) in [5.74, 6) is 1.51. The molecule has 3 aromatic rings. The number of hydrogen-bond donors (Lipinski definition) is 1. The molecule has 0 radical (unpaired) electrons. The quantitative estimate of drug-likeness (QED) is 0.581. The summed E-state index contributed by atoms with van der Waals surface area (Å²) in [4.78, 5) is 22.1. The largest absolute Gasteiger partial charge is 0.377 e. The monoisotopic (exact) mass is 487 g/mol. The van der Waals surface area contributed by atoms with Crippen LogP contribution in [0, 0.1) is 0 Å².